The second-order valence-corrected chi connectivity index (χ2v) is 9.47. The van der Waals surface area contributed by atoms with Gasteiger partial charge in [-0.25, -0.2) is 17.6 Å². The lowest BCUT2D eigenvalue weighted by atomic mass is 9.96. The number of hydrogen-bond donors (Lipinski definition) is 0. The summed E-state index contributed by atoms with van der Waals surface area (Å²) in [5.74, 6) is -3.78. The molecule has 1 heterocycles. The van der Waals surface area contributed by atoms with Crippen molar-refractivity contribution >= 4 is 0 Å². The van der Waals surface area contributed by atoms with Gasteiger partial charge in [-0.15, -0.1) is 6.58 Å². The molecule has 4 rings (SSSR count). The number of ether oxygens (including phenoxy) is 2. The Balaban J connectivity index is 1.49. The molecule has 0 radical (unpaired) electrons. The number of hydrogen-bond acceptors (Lipinski definition) is 2. The van der Waals surface area contributed by atoms with Crippen LogP contribution in [0.4, 0.5) is 17.6 Å². The first-order chi connectivity index (χ1) is 17.9. The van der Waals surface area contributed by atoms with Crippen LogP contribution in [0.1, 0.15) is 56.4 Å². The van der Waals surface area contributed by atoms with Crippen LogP contribution in [0.25, 0.3) is 22.3 Å². The first-order valence-electron chi connectivity index (χ1n) is 12.9. The number of benzene rings is 3. The smallest absolute Gasteiger partial charge is 0.186 e. The van der Waals surface area contributed by atoms with Crippen LogP contribution in [0.3, 0.4) is 0 Å². The highest BCUT2D eigenvalue weighted by molar-refractivity contribution is 5.71. The van der Waals surface area contributed by atoms with Crippen LogP contribution in [0.15, 0.2) is 61.2 Å². The Morgan fingerprint density at radius 1 is 0.730 bits per heavy atom. The van der Waals surface area contributed by atoms with E-state index < -0.39 is 29.6 Å². The molecule has 1 aliphatic heterocycles. The molecule has 3 aromatic rings. The van der Waals surface area contributed by atoms with E-state index in [-0.39, 0.29) is 22.6 Å². The van der Waals surface area contributed by atoms with Gasteiger partial charge >= 0.3 is 0 Å². The molecule has 0 spiro atoms. The van der Waals surface area contributed by atoms with E-state index in [1.807, 2.05) is 0 Å². The minimum atomic E-state index is -1.04. The van der Waals surface area contributed by atoms with Gasteiger partial charge in [0.25, 0.3) is 0 Å². The maximum atomic E-state index is 15.0. The molecule has 37 heavy (non-hydrogen) atoms. The van der Waals surface area contributed by atoms with Crippen LogP contribution >= 0.6 is 0 Å². The lowest BCUT2D eigenvalue weighted by molar-refractivity contribution is -0.198. The molecule has 6 heteroatoms. The second kappa shape index (κ2) is 12.5. The van der Waals surface area contributed by atoms with Crippen molar-refractivity contribution in [3.05, 3.63) is 95.6 Å². The Bertz CT molecular complexity index is 1210. The van der Waals surface area contributed by atoms with Crippen molar-refractivity contribution in [1.82, 2.24) is 0 Å². The van der Waals surface area contributed by atoms with Gasteiger partial charge in [-0.1, -0.05) is 87.2 Å². The maximum Gasteiger partial charge on any atom is 0.186 e. The Labute approximate surface area is 215 Å². The van der Waals surface area contributed by atoms with Gasteiger partial charge in [-0.3, -0.25) is 0 Å². The lowest BCUT2D eigenvalue weighted by Gasteiger charge is -2.28. The fourth-order valence-corrected chi connectivity index (χ4v) is 4.56. The quantitative estimate of drug-likeness (QED) is 0.153. The van der Waals surface area contributed by atoms with Gasteiger partial charge in [0.2, 0.25) is 0 Å². The molecule has 0 unspecified atom stereocenters. The van der Waals surface area contributed by atoms with E-state index in [2.05, 4.69) is 13.5 Å². The van der Waals surface area contributed by atoms with E-state index in [0.29, 0.717) is 36.3 Å². The molecule has 0 atom stereocenters. The summed E-state index contributed by atoms with van der Waals surface area (Å²) in [5.41, 5.74) is 1.41. The molecule has 1 saturated heterocycles. The van der Waals surface area contributed by atoms with Crippen LogP contribution in [0.5, 0.6) is 0 Å². The molecule has 2 nitrogen and oxygen atoms in total. The first-order valence-corrected chi connectivity index (χ1v) is 12.9. The fraction of sp³-hybridized carbons (Fsp3) is 0.355. The molecular formula is C31H32F4O2. The fourth-order valence-electron chi connectivity index (χ4n) is 4.56. The van der Waals surface area contributed by atoms with Crippen molar-refractivity contribution in [2.45, 2.75) is 51.7 Å². The van der Waals surface area contributed by atoms with Crippen molar-refractivity contribution in [3.8, 4) is 22.3 Å². The number of unbranched alkanes of at least 4 members (excludes halogenated alkanes) is 4. The largest absolute Gasteiger partial charge is 0.348 e. The predicted octanol–water partition coefficient (Wildman–Crippen LogP) is 8.94. The van der Waals surface area contributed by atoms with Gasteiger partial charge in [0, 0.05) is 22.6 Å². The minimum absolute atomic E-state index is 0.00649. The highest BCUT2D eigenvalue weighted by Gasteiger charge is 2.27. The van der Waals surface area contributed by atoms with Crippen molar-refractivity contribution in [1.29, 1.82) is 0 Å². The SMILES string of the molecule is C=CC1COC(c2ccc(-c3ccc(-c4ccc(CCCCCCC)c(F)c4F)cc3)c(F)c2F)OC1. The second-order valence-electron chi connectivity index (χ2n) is 9.47. The van der Waals surface area contributed by atoms with Crippen LogP contribution < -0.4 is 0 Å². The van der Waals surface area contributed by atoms with Gasteiger partial charge in [0.05, 0.1) is 13.2 Å². The predicted molar refractivity (Wildman–Crippen MR) is 138 cm³/mol. The Morgan fingerprint density at radius 3 is 1.89 bits per heavy atom. The summed E-state index contributed by atoms with van der Waals surface area (Å²) in [7, 11) is 0. The molecular weight excluding hydrogens is 480 g/mol. The summed E-state index contributed by atoms with van der Waals surface area (Å²) in [6.45, 7) is 6.44. The molecule has 0 saturated carbocycles. The Kier molecular flexibility index (Phi) is 9.17. The van der Waals surface area contributed by atoms with E-state index in [9.17, 15) is 17.6 Å². The van der Waals surface area contributed by atoms with Crippen molar-refractivity contribution in [2.75, 3.05) is 13.2 Å². The summed E-state index contributed by atoms with van der Waals surface area (Å²) in [6.07, 6.45) is 6.39. The molecule has 0 bridgehead atoms. The maximum absolute atomic E-state index is 15.0. The van der Waals surface area contributed by atoms with Gasteiger partial charge in [0.1, 0.15) is 0 Å². The molecule has 3 aromatic carbocycles. The standard InChI is InChI=1S/C31H32F4O2/c1-3-5-6-7-8-9-23-14-15-24(28(33)27(23)32)21-10-12-22(13-11-21)25-16-17-26(30(35)29(25)34)31-36-18-20(4-2)19-37-31/h4,10-17,20,31H,2-3,5-9,18-19H2,1H3. The third-order valence-corrected chi connectivity index (χ3v) is 6.84. The van der Waals surface area contributed by atoms with Crippen LogP contribution in [-0.2, 0) is 15.9 Å². The van der Waals surface area contributed by atoms with Crippen LogP contribution in [-0.4, -0.2) is 13.2 Å². The van der Waals surface area contributed by atoms with Gasteiger partial charge in [0.15, 0.2) is 29.6 Å². The monoisotopic (exact) mass is 512 g/mol. The molecule has 1 aliphatic rings. The van der Waals surface area contributed by atoms with Gasteiger partial charge in [-0.05, 0) is 29.5 Å². The average molecular weight is 513 g/mol. The van der Waals surface area contributed by atoms with Crippen molar-refractivity contribution in [3.63, 3.8) is 0 Å². The number of aryl methyl sites for hydroxylation is 1. The van der Waals surface area contributed by atoms with E-state index in [4.69, 9.17) is 9.47 Å². The summed E-state index contributed by atoms with van der Waals surface area (Å²) in [4.78, 5) is 0. The molecule has 0 aliphatic carbocycles. The number of rotatable bonds is 10. The third-order valence-electron chi connectivity index (χ3n) is 6.84. The van der Waals surface area contributed by atoms with Crippen molar-refractivity contribution < 1.29 is 27.0 Å². The van der Waals surface area contributed by atoms with E-state index in [0.717, 1.165) is 32.1 Å². The van der Waals surface area contributed by atoms with Gasteiger partial charge in [-0.2, -0.15) is 0 Å². The van der Waals surface area contributed by atoms with Crippen LogP contribution in [0.2, 0.25) is 0 Å². The molecule has 1 fully saturated rings. The molecule has 196 valence electrons. The summed E-state index contributed by atoms with van der Waals surface area (Å²) in [6, 6.07) is 12.4. The highest BCUT2D eigenvalue weighted by Crippen LogP contribution is 2.34. The summed E-state index contributed by atoms with van der Waals surface area (Å²) >= 11 is 0. The zero-order valence-corrected chi connectivity index (χ0v) is 21.0. The van der Waals surface area contributed by atoms with Gasteiger partial charge < -0.3 is 9.47 Å². The number of halogens is 4. The Hall–Kier alpha value is -2.96. The van der Waals surface area contributed by atoms with E-state index >= 15 is 0 Å². The van der Waals surface area contributed by atoms with Crippen LogP contribution in [0, 0.1) is 29.2 Å². The third kappa shape index (κ3) is 6.13. The summed E-state index contributed by atoms with van der Waals surface area (Å²) < 4.78 is 70.5. The summed E-state index contributed by atoms with van der Waals surface area (Å²) in [5, 5.41) is 0. The molecule has 0 N–H and O–H groups in total. The zero-order valence-electron chi connectivity index (χ0n) is 21.0. The van der Waals surface area contributed by atoms with Crippen molar-refractivity contribution in [2.24, 2.45) is 5.92 Å². The first kappa shape index (κ1) is 27.1. The normalized spacial score (nSPS) is 17.6. The molecule has 0 aromatic heterocycles. The Morgan fingerprint density at radius 2 is 1.30 bits per heavy atom. The highest BCUT2D eigenvalue weighted by atomic mass is 19.2. The zero-order chi connectivity index (χ0) is 26.4. The minimum Gasteiger partial charge on any atom is -0.348 e. The topological polar surface area (TPSA) is 18.5 Å². The lowest BCUT2D eigenvalue weighted by Crippen LogP contribution is -2.26. The van der Waals surface area contributed by atoms with E-state index in [1.165, 1.54) is 12.1 Å². The van der Waals surface area contributed by atoms with E-state index in [1.54, 1.807) is 42.5 Å². The average Bonchev–Trinajstić information content (AvgIpc) is 2.93. The molecule has 0 amide bonds.